The van der Waals surface area contributed by atoms with Crippen molar-refractivity contribution in [3.63, 3.8) is 0 Å². The van der Waals surface area contributed by atoms with E-state index < -0.39 is 0 Å². The summed E-state index contributed by atoms with van der Waals surface area (Å²) in [6.07, 6.45) is 1.41. The van der Waals surface area contributed by atoms with Gasteiger partial charge in [0.25, 0.3) is 0 Å². The van der Waals surface area contributed by atoms with Crippen molar-refractivity contribution in [2.45, 2.75) is 13.8 Å². The van der Waals surface area contributed by atoms with E-state index in [1.54, 1.807) is 12.1 Å². The van der Waals surface area contributed by atoms with Crippen LogP contribution in [0.4, 0.5) is 5.69 Å². The summed E-state index contributed by atoms with van der Waals surface area (Å²) in [6.45, 7) is 3.97. The van der Waals surface area contributed by atoms with E-state index in [-0.39, 0.29) is 5.57 Å². The minimum Gasteiger partial charge on any atom is -0.359 e. The van der Waals surface area contributed by atoms with Crippen LogP contribution in [0.15, 0.2) is 28.4 Å². The van der Waals surface area contributed by atoms with E-state index in [0.29, 0.717) is 0 Å². The van der Waals surface area contributed by atoms with Crippen molar-refractivity contribution in [1.29, 1.82) is 10.5 Å². The van der Waals surface area contributed by atoms with Gasteiger partial charge in [0.05, 0.1) is 5.69 Å². The second-order valence-electron chi connectivity index (χ2n) is 3.36. The fourth-order valence-corrected chi connectivity index (χ4v) is 2.12. The van der Waals surface area contributed by atoms with Crippen LogP contribution in [0, 0.1) is 36.5 Å². The number of aryl methyl sites for hydroxylation is 2. The smallest absolute Gasteiger partial charge is 0.145 e. The van der Waals surface area contributed by atoms with Gasteiger partial charge in [0.2, 0.25) is 0 Å². The van der Waals surface area contributed by atoms with Crippen LogP contribution in [0.2, 0.25) is 0 Å². The highest BCUT2D eigenvalue weighted by Crippen LogP contribution is 2.27. The Labute approximate surface area is 103 Å². The lowest BCUT2D eigenvalue weighted by Gasteiger charge is -2.09. The molecule has 0 spiro atoms. The number of anilines is 1. The minimum atomic E-state index is 0.0480. The highest BCUT2D eigenvalue weighted by atomic mass is 79.9. The molecule has 3 nitrogen and oxygen atoms in total. The van der Waals surface area contributed by atoms with Gasteiger partial charge in [-0.3, -0.25) is 0 Å². The number of nitriles is 2. The molecule has 0 unspecified atom stereocenters. The van der Waals surface area contributed by atoms with Gasteiger partial charge >= 0.3 is 0 Å². The molecule has 16 heavy (non-hydrogen) atoms. The predicted molar refractivity (Wildman–Crippen MR) is 66.5 cm³/mol. The van der Waals surface area contributed by atoms with E-state index in [1.807, 2.05) is 26.0 Å². The number of halogens is 1. The summed E-state index contributed by atoms with van der Waals surface area (Å²) < 4.78 is 0.913. The molecular formula is C12H10BrN3. The zero-order chi connectivity index (χ0) is 12.1. The van der Waals surface area contributed by atoms with Crippen LogP contribution in [-0.2, 0) is 0 Å². The summed E-state index contributed by atoms with van der Waals surface area (Å²) in [5, 5.41) is 20.1. The summed E-state index contributed by atoms with van der Waals surface area (Å²) in [5.41, 5.74) is 3.12. The number of nitrogens with one attached hydrogen (secondary N) is 1. The average molecular weight is 276 g/mol. The van der Waals surface area contributed by atoms with Gasteiger partial charge in [0, 0.05) is 10.7 Å². The Morgan fingerprint density at radius 2 is 1.94 bits per heavy atom. The topological polar surface area (TPSA) is 59.6 Å². The van der Waals surface area contributed by atoms with E-state index in [4.69, 9.17) is 10.5 Å². The SMILES string of the molecule is Cc1cc(C)c(NC=C(C#N)C#N)c(Br)c1. The highest BCUT2D eigenvalue weighted by molar-refractivity contribution is 9.10. The summed E-state index contributed by atoms with van der Waals surface area (Å²) in [5.74, 6) is 0. The van der Waals surface area contributed by atoms with Crippen molar-refractivity contribution < 1.29 is 0 Å². The lowest BCUT2D eigenvalue weighted by Crippen LogP contribution is -1.95. The van der Waals surface area contributed by atoms with Gasteiger partial charge in [-0.25, -0.2) is 0 Å². The maximum absolute atomic E-state index is 8.59. The maximum atomic E-state index is 8.59. The van der Waals surface area contributed by atoms with Gasteiger partial charge in [0.1, 0.15) is 17.7 Å². The molecule has 0 amide bonds. The molecule has 0 aliphatic rings. The Kier molecular flexibility index (Phi) is 4.10. The number of nitrogens with zero attached hydrogens (tertiary/aromatic N) is 2. The van der Waals surface area contributed by atoms with E-state index in [2.05, 4.69) is 21.2 Å². The average Bonchev–Trinajstić information content (AvgIpc) is 2.22. The minimum absolute atomic E-state index is 0.0480. The zero-order valence-corrected chi connectivity index (χ0v) is 10.6. The fourth-order valence-electron chi connectivity index (χ4n) is 1.33. The van der Waals surface area contributed by atoms with Crippen LogP contribution in [0.5, 0.6) is 0 Å². The lowest BCUT2D eigenvalue weighted by molar-refractivity contribution is 1.34. The van der Waals surface area contributed by atoms with Crippen molar-refractivity contribution in [2.24, 2.45) is 0 Å². The molecule has 0 bridgehead atoms. The normalized spacial score (nSPS) is 8.81. The third-order valence-electron chi connectivity index (χ3n) is 2.03. The van der Waals surface area contributed by atoms with Crippen molar-refractivity contribution in [3.8, 4) is 12.1 Å². The van der Waals surface area contributed by atoms with Gasteiger partial charge in [-0.05, 0) is 47.0 Å². The van der Waals surface area contributed by atoms with E-state index in [9.17, 15) is 0 Å². The number of hydrogen-bond acceptors (Lipinski definition) is 3. The molecule has 0 radical (unpaired) electrons. The fraction of sp³-hybridized carbons (Fsp3) is 0.167. The third kappa shape index (κ3) is 2.85. The molecule has 80 valence electrons. The van der Waals surface area contributed by atoms with Crippen LogP contribution in [0.25, 0.3) is 0 Å². The van der Waals surface area contributed by atoms with E-state index in [1.165, 1.54) is 6.20 Å². The summed E-state index contributed by atoms with van der Waals surface area (Å²) in [7, 11) is 0. The van der Waals surface area contributed by atoms with Gasteiger partial charge in [-0.15, -0.1) is 0 Å². The molecule has 0 aliphatic heterocycles. The van der Waals surface area contributed by atoms with Gasteiger partial charge in [-0.1, -0.05) is 6.07 Å². The van der Waals surface area contributed by atoms with Crippen LogP contribution < -0.4 is 5.32 Å². The molecule has 0 aliphatic carbocycles. The summed E-state index contributed by atoms with van der Waals surface area (Å²) in [6, 6.07) is 7.59. The first-order valence-corrected chi connectivity index (χ1v) is 5.41. The molecule has 0 aromatic heterocycles. The molecule has 0 saturated heterocycles. The Bertz CT molecular complexity index is 479. The van der Waals surface area contributed by atoms with Crippen LogP contribution in [0.1, 0.15) is 11.1 Å². The molecular weight excluding hydrogens is 266 g/mol. The lowest BCUT2D eigenvalue weighted by atomic mass is 10.1. The number of allylic oxidation sites excluding steroid dienone is 1. The summed E-state index contributed by atoms with van der Waals surface area (Å²) in [4.78, 5) is 0. The Morgan fingerprint density at radius 1 is 1.31 bits per heavy atom. The molecule has 0 saturated carbocycles. The largest absolute Gasteiger partial charge is 0.359 e. The van der Waals surface area contributed by atoms with Crippen LogP contribution in [0.3, 0.4) is 0 Å². The molecule has 1 rings (SSSR count). The Morgan fingerprint density at radius 3 is 2.44 bits per heavy atom. The van der Waals surface area contributed by atoms with Crippen molar-refractivity contribution in [2.75, 3.05) is 5.32 Å². The van der Waals surface area contributed by atoms with Gasteiger partial charge in [0.15, 0.2) is 0 Å². The first-order chi connectivity index (χ1) is 7.58. The van der Waals surface area contributed by atoms with Gasteiger partial charge in [-0.2, -0.15) is 10.5 Å². The number of benzene rings is 1. The first-order valence-electron chi connectivity index (χ1n) is 4.62. The standard InChI is InChI=1S/C12H10BrN3/c1-8-3-9(2)12(11(13)4-8)16-7-10(5-14)6-15/h3-4,7,16H,1-2H3. The Balaban J connectivity index is 3.05. The second-order valence-corrected chi connectivity index (χ2v) is 4.22. The molecule has 1 aromatic carbocycles. The highest BCUT2D eigenvalue weighted by Gasteiger charge is 2.03. The molecule has 1 aromatic rings. The zero-order valence-electron chi connectivity index (χ0n) is 9.00. The third-order valence-corrected chi connectivity index (χ3v) is 2.66. The predicted octanol–water partition coefficient (Wildman–Crippen LogP) is 3.41. The second kappa shape index (κ2) is 5.34. The summed E-state index contributed by atoms with van der Waals surface area (Å²) >= 11 is 3.43. The number of rotatable bonds is 2. The van der Waals surface area contributed by atoms with Crippen molar-refractivity contribution in [3.05, 3.63) is 39.5 Å². The molecule has 0 fully saturated rings. The van der Waals surface area contributed by atoms with E-state index in [0.717, 1.165) is 21.3 Å². The molecule has 0 atom stereocenters. The molecule has 1 N–H and O–H groups in total. The quantitative estimate of drug-likeness (QED) is 0.842. The first kappa shape index (κ1) is 12.3. The maximum Gasteiger partial charge on any atom is 0.145 e. The van der Waals surface area contributed by atoms with E-state index >= 15 is 0 Å². The molecule has 0 heterocycles. The Hall–Kier alpha value is -1.78. The monoisotopic (exact) mass is 275 g/mol. The molecule has 4 heteroatoms. The van der Waals surface area contributed by atoms with Crippen LogP contribution >= 0.6 is 15.9 Å². The van der Waals surface area contributed by atoms with Crippen LogP contribution in [-0.4, -0.2) is 0 Å². The van der Waals surface area contributed by atoms with Crippen molar-refractivity contribution in [1.82, 2.24) is 0 Å². The number of hydrogen-bond donors (Lipinski definition) is 1. The van der Waals surface area contributed by atoms with Crippen molar-refractivity contribution >= 4 is 21.6 Å². The van der Waals surface area contributed by atoms with Gasteiger partial charge < -0.3 is 5.32 Å².